The van der Waals surface area contributed by atoms with Gasteiger partial charge >= 0.3 is 16.3 Å². The first-order valence-electron chi connectivity index (χ1n) is 9.32. The third-order valence-electron chi connectivity index (χ3n) is 4.92. The summed E-state index contributed by atoms with van der Waals surface area (Å²) in [5, 5.41) is 16.5. The van der Waals surface area contributed by atoms with Crippen LogP contribution in [0, 0.1) is 0 Å². The van der Waals surface area contributed by atoms with Gasteiger partial charge in [-0.15, -0.1) is 11.3 Å². The van der Waals surface area contributed by atoms with Crippen molar-refractivity contribution in [2.45, 2.75) is 38.0 Å². The van der Waals surface area contributed by atoms with Crippen LogP contribution in [0.2, 0.25) is 0 Å². The number of carbonyl (C=O) groups is 4. The summed E-state index contributed by atoms with van der Waals surface area (Å²) in [6.07, 6.45) is 0.252. The molecule has 2 aliphatic heterocycles. The molecule has 0 bridgehead atoms. The van der Waals surface area contributed by atoms with Crippen LogP contribution in [0.5, 0.6) is 0 Å². The number of amides is 3. The molecule has 2 aliphatic rings. The van der Waals surface area contributed by atoms with Crippen LogP contribution in [0.1, 0.15) is 26.0 Å². The Kier molecular flexibility index (Phi) is 6.31. The van der Waals surface area contributed by atoms with Gasteiger partial charge in [0.25, 0.3) is 11.8 Å². The summed E-state index contributed by atoms with van der Waals surface area (Å²) in [5.41, 5.74) is 3.16. The molecule has 3 rings (SSSR count). The number of likely N-dealkylation sites (tertiary alicyclic amines) is 1. The summed E-state index contributed by atoms with van der Waals surface area (Å²) in [6, 6.07) is -2.69. The first kappa shape index (κ1) is 24.3. The smallest absolute Gasteiger partial charge is 0.362 e. The maximum Gasteiger partial charge on any atom is 0.362 e. The number of anilines is 1. The van der Waals surface area contributed by atoms with Crippen LogP contribution in [0.3, 0.4) is 0 Å². The molecule has 0 saturated carbocycles. The number of β-lactam (4-membered cyclic amide) rings is 2. The number of nitrogens with one attached hydrogen (secondary N) is 1. The number of carboxylic acid groups (broad SMARTS) is 1. The van der Waals surface area contributed by atoms with Crippen molar-refractivity contribution in [1.82, 2.24) is 19.5 Å². The molecule has 33 heavy (non-hydrogen) atoms. The van der Waals surface area contributed by atoms with Gasteiger partial charge in [0, 0.05) is 24.9 Å². The molecule has 2 saturated heterocycles. The lowest BCUT2D eigenvalue weighted by Crippen LogP contribution is -2.75. The van der Waals surface area contributed by atoms with Crippen molar-refractivity contribution in [3.8, 4) is 0 Å². The molecule has 3 amide bonds. The highest BCUT2D eigenvalue weighted by Gasteiger charge is 2.55. The normalized spacial score (nSPS) is 21.4. The molecule has 0 aliphatic carbocycles. The predicted molar refractivity (Wildman–Crippen MR) is 111 cm³/mol. The van der Waals surface area contributed by atoms with Gasteiger partial charge in [-0.2, -0.15) is 8.42 Å². The van der Waals surface area contributed by atoms with Crippen LogP contribution in [0.25, 0.3) is 0 Å². The third-order valence-corrected chi connectivity index (χ3v) is 6.54. The highest BCUT2D eigenvalue weighted by molar-refractivity contribution is 7.84. The number of carbonyl (C=O) groups excluding carboxylic acids is 3. The van der Waals surface area contributed by atoms with Crippen molar-refractivity contribution in [3.05, 3.63) is 11.1 Å². The zero-order valence-corrected chi connectivity index (χ0v) is 18.9. The molecule has 0 spiro atoms. The molecule has 1 aromatic heterocycles. The number of nitrogens with two attached hydrogens (primary N) is 1. The second-order valence-corrected chi connectivity index (χ2v) is 9.82. The molecule has 5 N–H and O–H groups in total. The van der Waals surface area contributed by atoms with E-state index >= 15 is 0 Å². The van der Waals surface area contributed by atoms with Crippen LogP contribution >= 0.6 is 11.3 Å². The Morgan fingerprint density at radius 3 is 2.55 bits per heavy atom. The van der Waals surface area contributed by atoms with E-state index in [1.54, 1.807) is 0 Å². The SMILES string of the molecule is CC(C)(ON=C(C(=O)N[C@@H]1C(=O)N(S(=O)(=O)O)[C@@H]1CN1CCC1=O)c1csc(N)n1)C(=O)O. The van der Waals surface area contributed by atoms with Crippen molar-refractivity contribution < 1.29 is 42.1 Å². The second kappa shape index (κ2) is 8.56. The van der Waals surface area contributed by atoms with Gasteiger partial charge in [0.1, 0.15) is 11.7 Å². The van der Waals surface area contributed by atoms with Crippen LogP contribution in [0.15, 0.2) is 10.5 Å². The molecule has 1 aromatic rings. The highest BCUT2D eigenvalue weighted by Crippen LogP contribution is 2.26. The van der Waals surface area contributed by atoms with E-state index in [0.29, 0.717) is 6.54 Å². The fraction of sp³-hybridized carbons (Fsp3) is 0.500. The lowest BCUT2D eigenvalue weighted by Gasteiger charge is -2.47. The van der Waals surface area contributed by atoms with Crippen LogP contribution in [-0.2, 0) is 34.3 Å². The molecule has 2 atom stereocenters. The lowest BCUT2D eigenvalue weighted by atomic mass is 9.96. The van der Waals surface area contributed by atoms with E-state index in [4.69, 9.17) is 10.6 Å². The Labute approximate surface area is 191 Å². The topological polar surface area (TPSA) is 222 Å². The second-order valence-electron chi connectivity index (χ2n) is 7.64. The van der Waals surface area contributed by atoms with E-state index in [1.807, 2.05) is 0 Å². The van der Waals surface area contributed by atoms with E-state index in [1.165, 1.54) is 24.1 Å². The van der Waals surface area contributed by atoms with Gasteiger partial charge in [0.05, 0.1) is 6.04 Å². The summed E-state index contributed by atoms with van der Waals surface area (Å²) in [6.45, 7) is 2.45. The highest BCUT2D eigenvalue weighted by atomic mass is 32.2. The number of hydrogen-bond donors (Lipinski definition) is 4. The number of aromatic nitrogens is 1. The number of hydrogen-bond acceptors (Lipinski definition) is 11. The minimum atomic E-state index is -4.94. The van der Waals surface area contributed by atoms with Crippen LogP contribution in [0.4, 0.5) is 5.13 Å². The van der Waals surface area contributed by atoms with E-state index in [0.717, 1.165) is 11.3 Å². The predicted octanol–water partition coefficient (Wildman–Crippen LogP) is -1.96. The summed E-state index contributed by atoms with van der Waals surface area (Å²) in [4.78, 5) is 58.3. The van der Waals surface area contributed by atoms with E-state index in [9.17, 15) is 37.3 Å². The first-order valence-corrected chi connectivity index (χ1v) is 11.6. The molecule has 3 heterocycles. The van der Waals surface area contributed by atoms with Crippen molar-refractivity contribution in [1.29, 1.82) is 0 Å². The van der Waals surface area contributed by atoms with Gasteiger partial charge in [-0.1, -0.05) is 5.16 Å². The molecule has 180 valence electrons. The van der Waals surface area contributed by atoms with Crippen molar-refractivity contribution in [2.24, 2.45) is 5.16 Å². The van der Waals surface area contributed by atoms with Gasteiger partial charge in [-0.25, -0.2) is 14.1 Å². The Balaban J connectivity index is 1.85. The minimum Gasteiger partial charge on any atom is -0.478 e. The lowest BCUT2D eigenvalue weighted by molar-refractivity contribution is -0.161. The summed E-state index contributed by atoms with van der Waals surface area (Å²) < 4.78 is 32.7. The average Bonchev–Trinajstić information content (AvgIpc) is 3.12. The first-order chi connectivity index (χ1) is 15.2. The molecular weight excluding hydrogens is 484 g/mol. The number of rotatable bonds is 9. The fourth-order valence-corrected chi connectivity index (χ4v) is 4.35. The zero-order chi connectivity index (χ0) is 24.7. The Morgan fingerprint density at radius 1 is 1.42 bits per heavy atom. The molecule has 0 aromatic carbocycles. The Bertz CT molecular complexity index is 1150. The molecular formula is C16H20N6O9S2. The molecule has 15 nitrogen and oxygen atoms in total. The van der Waals surface area contributed by atoms with E-state index in [-0.39, 0.29) is 34.0 Å². The third kappa shape index (κ3) is 4.88. The molecule has 17 heteroatoms. The number of oxime groups is 1. The van der Waals surface area contributed by atoms with Crippen LogP contribution in [-0.4, -0.2) is 92.4 Å². The maximum absolute atomic E-state index is 12.9. The standard InChI is InChI=1S/C16H20N6O9S2/c1-16(2,14(26)27)31-20-10(7-6-32-15(17)18-7)12(24)19-11-8(5-21-4-3-9(21)23)22(13(11)25)33(28,29)30/h6,8,11H,3-5H2,1-2H3,(H2,17,18)(H,19,24)(H,26,27)(H,28,29,30)/t8-,11+/m1/s1. The number of aliphatic carboxylic acids is 1. The quantitative estimate of drug-likeness (QED) is 0.125. The number of nitrogens with zero attached hydrogens (tertiary/aromatic N) is 4. The van der Waals surface area contributed by atoms with Gasteiger partial charge in [-0.3, -0.25) is 18.9 Å². The van der Waals surface area contributed by atoms with Gasteiger partial charge < -0.3 is 25.9 Å². The van der Waals surface area contributed by atoms with Crippen molar-refractivity contribution in [2.75, 3.05) is 18.8 Å². The number of carboxylic acids is 1. The minimum absolute atomic E-state index is 0.0643. The van der Waals surface area contributed by atoms with E-state index in [2.05, 4.69) is 15.5 Å². The molecule has 0 radical (unpaired) electrons. The Morgan fingerprint density at radius 2 is 2.09 bits per heavy atom. The molecule has 0 unspecified atom stereocenters. The van der Waals surface area contributed by atoms with Gasteiger partial charge in [0.2, 0.25) is 11.5 Å². The summed E-state index contributed by atoms with van der Waals surface area (Å²) in [7, 11) is -4.94. The zero-order valence-electron chi connectivity index (χ0n) is 17.3. The number of thiazole rings is 1. The monoisotopic (exact) mass is 504 g/mol. The van der Waals surface area contributed by atoms with Crippen LogP contribution < -0.4 is 11.1 Å². The molecule has 2 fully saturated rings. The Hall–Kier alpha value is -3.31. The van der Waals surface area contributed by atoms with Gasteiger partial charge in [0.15, 0.2) is 10.8 Å². The van der Waals surface area contributed by atoms with Crippen molar-refractivity contribution in [3.63, 3.8) is 0 Å². The number of nitrogen functional groups attached to an aromatic ring is 1. The van der Waals surface area contributed by atoms with Crippen molar-refractivity contribution >= 4 is 56.2 Å². The summed E-state index contributed by atoms with van der Waals surface area (Å²) >= 11 is 0.955. The maximum atomic E-state index is 12.9. The largest absolute Gasteiger partial charge is 0.478 e. The summed E-state index contributed by atoms with van der Waals surface area (Å²) in [5.74, 6) is -3.83. The fourth-order valence-electron chi connectivity index (χ4n) is 2.93. The average molecular weight is 505 g/mol. The van der Waals surface area contributed by atoms with Gasteiger partial charge in [-0.05, 0) is 13.8 Å². The van der Waals surface area contributed by atoms with E-state index < -0.39 is 51.5 Å².